The van der Waals surface area contributed by atoms with E-state index >= 15 is 0 Å². The topological polar surface area (TPSA) is 0 Å². The highest BCUT2D eigenvalue weighted by molar-refractivity contribution is 7.61. The summed E-state index contributed by atoms with van der Waals surface area (Å²) in [5.74, 6) is 1.51. The molecule has 1 saturated carbocycles. The Morgan fingerprint density at radius 1 is 0.875 bits per heavy atom. The highest BCUT2D eigenvalue weighted by Crippen LogP contribution is 2.65. The standard InChI is InChI=1S/C15H26P/c1-12(13-10-8-9-11-13)16(14(2,3)4)15(5,6)7/h8-12H,1-7H3/t12-/m0/s1. The van der Waals surface area contributed by atoms with Crippen molar-refractivity contribution >= 4 is 7.92 Å². The first-order valence-electron chi connectivity index (χ1n) is 6.15. The summed E-state index contributed by atoms with van der Waals surface area (Å²) in [6.07, 6.45) is 8.87. The molecule has 0 aromatic carbocycles. The van der Waals surface area contributed by atoms with Crippen LogP contribution in [-0.2, 0) is 0 Å². The Bertz CT molecular complexity index is 199. The lowest BCUT2D eigenvalue weighted by atomic mass is 10.1. The molecule has 0 spiro atoms. The van der Waals surface area contributed by atoms with Gasteiger partial charge in [0.15, 0.2) is 0 Å². The maximum atomic E-state index is 2.40. The molecule has 16 heavy (non-hydrogen) atoms. The monoisotopic (exact) mass is 237 g/mol. The summed E-state index contributed by atoms with van der Waals surface area (Å²) < 4.78 is 0. The van der Waals surface area contributed by atoms with Crippen molar-refractivity contribution in [3.8, 4) is 0 Å². The van der Waals surface area contributed by atoms with Crippen LogP contribution in [0, 0.1) is 31.6 Å². The molecule has 1 aliphatic carbocycles. The van der Waals surface area contributed by atoms with E-state index in [9.17, 15) is 0 Å². The van der Waals surface area contributed by atoms with Gasteiger partial charge in [0.25, 0.3) is 0 Å². The van der Waals surface area contributed by atoms with Crippen molar-refractivity contribution in [3.63, 3.8) is 0 Å². The molecule has 0 amide bonds. The van der Waals surface area contributed by atoms with Crippen molar-refractivity contribution in [2.75, 3.05) is 0 Å². The molecule has 0 bridgehead atoms. The summed E-state index contributed by atoms with van der Waals surface area (Å²) >= 11 is 0. The summed E-state index contributed by atoms with van der Waals surface area (Å²) in [5.41, 5.74) is 0.685. The summed E-state index contributed by atoms with van der Waals surface area (Å²) in [4.78, 5) is 0. The molecule has 0 unspecified atom stereocenters. The van der Waals surface area contributed by atoms with E-state index < -0.39 is 0 Å². The van der Waals surface area contributed by atoms with Crippen molar-refractivity contribution in [3.05, 3.63) is 31.6 Å². The van der Waals surface area contributed by atoms with E-state index in [1.165, 1.54) is 5.92 Å². The van der Waals surface area contributed by atoms with Gasteiger partial charge in [-0.1, -0.05) is 56.4 Å². The second-order valence-electron chi connectivity index (χ2n) is 6.61. The molecular weight excluding hydrogens is 211 g/mol. The third-order valence-corrected chi connectivity index (χ3v) is 6.97. The van der Waals surface area contributed by atoms with E-state index in [1.54, 1.807) is 0 Å². The van der Waals surface area contributed by atoms with Crippen molar-refractivity contribution in [2.45, 2.75) is 64.4 Å². The zero-order valence-corrected chi connectivity index (χ0v) is 12.7. The highest BCUT2D eigenvalue weighted by Gasteiger charge is 2.41. The molecule has 0 aromatic rings. The van der Waals surface area contributed by atoms with Crippen LogP contribution in [0.5, 0.6) is 0 Å². The van der Waals surface area contributed by atoms with Gasteiger partial charge in [0.2, 0.25) is 0 Å². The predicted octanol–water partition coefficient (Wildman–Crippen LogP) is 4.86. The van der Waals surface area contributed by atoms with Gasteiger partial charge in [-0.15, -0.1) is 0 Å². The molecule has 0 heterocycles. The van der Waals surface area contributed by atoms with Crippen LogP contribution in [0.4, 0.5) is 0 Å². The molecular formula is C15H26P. The van der Waals surface area contributed by atoms with E-state index in [1.807, 2.05) is 0 Å². The van der Waals surface area contributed by atoms with Crippen LogP contribution in [0.1, 0.15) is 48.5 Å². The van der Waals surface area contributed by atoms with Crippen LogP contribution in [-0.4, -0.2) is 16.0 Å². The normalized spacial score (nSPS) is 21.8. The summed E-state index contributed by atoms with van der Waals surface area (Å²) in [7, 11) is -0.0545. The fourth-order valence-electron chi connectivity index (χ4n) is 2.98. The van der Waals surface area contributed by atoms with Gasteiger partial charge in [0.1, 0.15) is 0 Å². The first-order valence-corrected chi connectivity index (χ1v) is 7.56. The maximum absolute atomic E-state index is 2.40. The van der Waals surface area contributed by atoms with Gasteiger partial charge >= 0.3 is 0 Å². The SMILES string of the molecule is C[C@@H]([C]1[CH][CH][CH][CH]1)P(C(C)(C)C)C(C)(C)C. The smallest absolute Gasteiger partial charge is 0.00959 e. The van der Waals surface area contributed by atoms with E-state index in [-0.39, 0.29) is 7.92 Å². The van der Waals surface area contributed by atoms with Crippen LogP contribution >= 0.6 is 7.92 Å². The summed E-state index contributed by atoms with van der Waals surface area (Å²) in [5, 5.41) is 0.814. The Labute approximate surface area is 104 Å². The highest BCUT2D eigenvalue weighted by atomic mass is 31.1. The van der Waals surface area contributed by atoms with Gasteiger partial charge in [-0.05, 0) is 47.6 Å². The Hall–Kier alpha value is 0.430. The van der Waals surface area contributed by atoms with Crippen molar-refractivity contribution in [1.82, 2.24) is 0 Å². The Kier molecular flexibility index (Phi) is 4.50. The lowest BCUT2D eigenvalue weighted by Crippen LogP contribution is -2.32. The van der Waals surface area contributed by atoms with Crippen molar-refractivity contribution in [2.24, 2.45) is 0 Å². The molecule has 0 nitrogen and oxygen atoms in total. The Balaban J connectivity index is 2.84. The molecule has 1 fully saturated rings. The minimum atomic E-state index is -0.0545. The van der Waals surface area contributed by atoms with Crippen LogP contribution in [0.25, 0.3) is 0 Å². The lowest BCUT2D eigenvalue weighted by Gasteiger charge is -2.47. The Morgan fingerprint density at radius 3 is 1.56 bits per heavy atom. The largest absolute Gasteiger partial charge is 0.0921 e. The third kappa shape index (κ3) is 3.46. The quantitative estimate of drug-likeness (QED) is 0.602. The van der Waals surface area contributed by atoms with E-state index in [0.717, 1.165) is 0 Å². The van der Waals surface area contributed by atoms with Crippen LogP contribution in [0.2, 0.25) is 0 Å². The second-order valence-corrected chi connectivity index (χ2v) is 10.8. The molecule has 91 valence electrons. The number of rotatable bonds is 2. The van der Waals surface area contributed by atoms with Crippen LogP contribution < -0.4 is 0 Å². The fraction of sp³-hybridized carbons (Fsp3) is 0.667. The van der Waals surface area contributed by atoms with Crippen LogP contribution in [0.15, 0.2) is 0 Å². The average Bonchev–Trinajstić information content (AvgIpc) is 2.48. The lowest BCUT2D eigenvalue weighted by molar-refractivity contribution is 0.689. The van der Waals surface area contributed by atoms with E-state index in [2.05, 4.69) is 74.1 Å². The molecule has 1 aliphatic rings. The second kappa shape index (κ2) is 4.97. The van der Waals surface area contributed by atoms with Crippen molar-refractivity contribution in [1.29, 1.82) is 0 Å². The van der Waals surface area contributed by atoms with Gasteiger partial charge in [-0.3, -0.25) is 0 Å². The van der Waals surface area contributed by atoms with Gasteiger partial charge in [0, 0.05) is 0 Å². The molecule has 1 heteroatoms. The summed E-state index contributed by atoms with van der Waals surface area (Å²) in [6.45, 7) is 16.8. The van der Waals surface area contributed by atoms with Gasteiger partial charge in [-0.2, -0.15) is 0 Å². The fourth-order valence-corrected chi connectivity index (χ4v) is 7.79. The molecule has 5 radical (unpaired) electrons. The van der Waals surface area contributed by atoms with E-state index in [0.29, 0.717) is 16.0 Å². The first kappa shape index (κ1) is 14.5. The minimum absolute atomic E-state index is 0.0545. The molecule has 1 atom stereocenters. The van der Waals surface area contributed by atoms with E-state index in [4.69, 9.17) is 0 Å². The minimum Gasteiger partial charge on any atom is -0.0921 e. The molecule has 0 N–H and O–H groups in total. The number of hydrogen-bond acceptors (Lipinski definition) is 0. The van der Waals surface area contributed by atoms with Crippen LogP contribution in [0.3, 0.4) is 0 Å². The molecule has 1 rings (SSSR count). The summed E-state index contributed by atoms with van der Waals surface area (Å²) in [6, 6.07) is 0. The van der Waals surface area contributed by atoms with Gasteiger partial charge in [-0.25, -0.2) is 0 Å². The average molecular weight is 237 g/mol. The molecule has 0 saturated heterocycles. The molecule has 0 aliphatic heterocycles. The zero-order chi connectivity index (χ0) is 12.6. The first-order chi connectivity index (χ1) is 7.14. The van der Waals surface area contributed by atoms with Gasteiger partial charge < -0.3 is 0 Å². The van der Waals surface area contributed by atoms with Crippen molar-refractivity contribution < 1.29 is 0 Å². The number of hydrogen-bond donors (Lipinski definition) is 0. The molecule has 0 aromatic heterocycles. The maximum Gasteiger partial charge on any atom is -0.00959 e. The third-order valence-electron chi connectivity index (χ3n) is 3.00. The Morgan fingerprint density at radius 2 is 1.25 bits per heavy atom. The predicted molar refractivity (Wildman–Crippen MR) is 76.3 cm³/mol. The van der Waals surface area contributed by atoms with Gasteiger partial charge in [0.05, 0.1) is 0 Å². The zero-order valence-electron chi connectivity index (χ0n) is 11.8.